The van der Waals surface area contributed by atoms with Gasteiger partial charge in [-0.2, -0.15) is 0 Å². The molecule has 1 atom stereocenters. The maximum absolute atomic E-state index is 13.7. The van der Waals surface area contributed by atoms with Crippen LogP contribution < -0.4 is 10.0 Å². The Morgan fingerprint density at radius 2 is 2.09 bits per heavy atom. The van der Waals surface area contributed by atoms with Gasteiger partial charge in [0, 0.05) is 38.0 Å². The van der Waals surface area contributed by atoms with Crippen molar-refractivity contribution in [2.75, 3.05) is 19.6 Å². The number of rotatable bonds is 5. The lowest BCUT2D eigenvalue weighted by molar-refractivity contribution is -0.387. The molecule has 0 radical (unpaired) electrons. The Balaban J connectivity index is 2.17. The van der Waals surface area contributed by atoms with E-state index < -0.39 is 43.9 Å². The van der Waals surface area contributed by atoms with Gasteiger partial charge >= 0.3 is 0 Å². The number of para-hydroxylation sites is 1. The summed E-state index contributed by atoms with van der Waals surface area (Å²) in [6, 6.07) is 4.78. The zero-order chi connectivity index (χ0) is 16.4. The molecule has 0 bridgehead atoms. The van der Waals surface area contributed by atoms with E-state index in [0.717, 1.165) is 12.1 Å². The Kier molecular flexibility index (Phi) is 4.73. The average Bonchev–Trinajstić information content (AvgIpc) is 2.45. The molecule has 7 nitrogen and oxygen atoms in total. The summed E-state index contributed by atoms with van der Waals surface area (Å²) in [7, 11) is -4.24. The van der Waals surface area contributed by atoms with E-state index in [0.29, 0.717) is 0 Å². The molecular weight excluding hydrogens is 320 g/mol. The van der Waals surface area contributed by atoms with Crippen molar-refractivity contribution in [3.05, 3.63) is 34.4 Å². The van der Waals surface area contributed by atoms with E-state index in [1.807, 2.05) is 4.72 Å². The van der Waals surface area contributed by atoms with Crippen molar-refractivity contribution in [1.29, 1.82) is 0 Å². The molecule has 0 saturated carbocycles. The Bertz CT molecular complexity index is 666. The van der Waals surface area contributed by atoms with Crippen LogP contribution in [0.1, 0.15) is 6.42 Å². The number of halogens is 2. The van der Waals surface area contributed by atoms with Crippen LogP contribution in [0.15, 0.2) is 29.2 Å². The summed E-state index contributed by atoms with van der Waals surface area (Å²) < 4.78 is 53.6. The Labute approximate surface area is 125 Å². The van der Waals surface area contributed by atoms with Gasteiger partial charge in [0.1, 0.15) is 0 Å². The molecule has 1 heterocycles. The summed E-state index contributed by atoms with van der Waals surface area (Å²) in [5.41, 5.74) is -0.594. The monoisotopic (exact) mass is 335 g/mol. The maximum Gasteiger partial charge on any atom is 0.289 e. The number of alkyl halides is 2. The van der Waals surface area contributed by atoms with Crippen molar-refractivity contribution in [2.45, 2.75) is 17.2 Å². The number of benzene rings is 1. The molecule has 22 heavy (non-hydrogen) atoms. The van der Waals surface area contributed by atoms with Crippen LogP contribution in [0.25, 0.3) is 0 Å². The predicted octanol–water partition coefficient (Wildman–Crippen LogP) is 1.12. The van der Waals surface area contributed by atoms with Gasteiger partial charge in [0.05, 0.1) is 4.92 Å². The summed E-state index contributed by atoms with van der Waals surface area (Å²) in [5.74, 6) is -4.17. The zero-order valence-corrected chi connectivity index (χ0v) is 12.3. The fourth-order valence-corrected chi connectivity index (χ4v) is 3.48. The van der Waals surface area contributed by atoms with E-state index in [1.54, 1.807) is 0 Å². The van der Waals surface area contributed by atoms with Gasteiger partial charge in [0.15, 0.2) is 4.90 Å². The number of nitrogens with zero attached hydrogens (tertiary/aromatic N) is 1. The number of hydrogen-bond donors (Lipinski definition) is 2. The van der Waals surface area contributed by atoms with Crippen LogP contribution in [0, 0.1) is 16.0 Å². The van der Waals surface area contributed by atoms with Gasteiger partial charge in [-0.25, -0.2) is 21.9 Å². The van der Waals surface area contributed by atoms with E-state index in [-0.39, 0.29) is 19.5 Å². The van der Waals surface area contributed by atoms with E-state index in [2.05, 4.69) is 5.32 Å². The normalized spacial score (nSPS) is 21.5. The van der Waals surface area contributed by atoms with E-state index in [9.17, 15) is 27.3 Å². The Morgan fingerprint density at radius 3 is 2.73 bits per heavy atom. The van der Waals surface area contributed by atoms with E-state index in [4.69, 9.17) is 0 Å². The number of sulfonamides is 1. The quantitative estimate of drug-likeness (QED) is 0.620. The third kappa shape index (κ3) is 3.57. The van der Waals surface area contributed by atoms with E-state index >= 15 is 0 Å². The highest BCUT2D eigenvalue weighted by Gasteiger charge is 2.42. The first-order valence-corrected chi connectivity index (χ1v) is 8.04. The van der Waals surface area contributed by atoms with Crippen LogP contribution in [0.2, 0.25) is 0 Å². The molecule has 2 N–H and O–H groups in total. The summed E-state index contributed by atoms with van der Waals surface area (Å²) in [6.07, 6.45) is -0.370. The minimum absolute atomic E-state index is 0.0214. The third-order valence-electron chi connectivity index (χ3n) is 3.49. The maximum atomic E-state index is 13.7. The molecule has 0 amide bonds. The second-order valence-electron chi connectivity index (χ2n) is 4.99. The molecule has 1 unspecified atom stereocenters. The van der Waals surface area contributed by atoms with Crippen molar-refractivity contribution < 1.29 is 22.1 Å². The summed E-state index contributed by atoms with van der Waals surface area (Å²) in [4.78, 5) is 9.50. The van der Waals surface area contributed by atoms with Gasteiger partial charge in [0.25, 0.3) is 11.6 Å². The van der Waals surface area contributed by atoms with E-state index in [1.165, 1.54) is 12.1 Å². The highest BCUT2D eigenvalue weighted by molar-refractivity contribution is 7.89. The molecule has 10 heteroatoms. The van der Waals surface area contributed by atoms with Gasteiger partial charge < -0.3 is 5.32 Å². The molecule has 1 saturated heterocycles. The first-order valence-electron chi connectivity index (χ1n) is 6.56. The number of piperidine rings is 1. The summed E-state index contributed by atoms with van der Waals surface area (Å²) in [5, 5.41) is 13.6. The highest BCUT2D eigenvalue weighted by Crippen LogP contribution is 2.30. The van der Waals surface area contributed by atoms with Gasteiger partial charge in [-0.3, -0.25) is 10.1 Å². The number of hydrogen-bond acceptors (Lipinski definition) is 5. The Morgan fingerprint density at radius 1 is 1.41 bits per heavy atom. The third-order valence-corrected chi connectivity index (χ3v) is 4.97. The second kappa shape index (κ2) is 6.23. The molecular formula is C12H15F2N3O4S. The smallest absolute Gasteiger partial charge is 0.289 e. The number of nitro benzene ring substituents is 1. The largest absolute Gasteiger partial charge is 0.316 e. The first-order chi connectivity index (χ1) is 10.2. The molecule has 122 valence electrons. The van der Waals surface area contributed by atoms with Crippen LogP contribution in [0.5, 0.6) is 0 Å². The molecule has 0 spiro atoms. The molecule has 1 aliphatic heterocycles. The fourth-order valence-electron chi connectivity index (χ4n) is 2.23. The lowest BCUT2D eigenvalue weighted by Gasteiger charge is -2.31. The molecule has 1 aromatic rings. The molecule has 2 rings (SSSR count). The summed E-state index contributed by atoms with van der Waals surface area (Å²) >= 11 is 0. The van der Waals surface area contributed by atoms with Gasteiger partial charge in [0.2, 0.25) is 10.0 Å². The lowest BCUT2D eigenvalue weighted by atomic mass is 9.95. The van der Waals surface area contributed by atoms with Crippen LogP contribution in [-0.4, -0.2) is 38.9 Å². The van der Waals surface area contributed by atoms with Crippen molar-refractivity contribution in [3.63, 3.8) is 0 Å². The SMILES string of the molecule is O=[N+]([O-])c1ccccc1S(=O)(=O)NCC1CNCCC1(F)F. The number of nitro groups is 1. The van der Waals surface area contributed by atoms with Crippen molar-refractivity contribution in [3.8, 4) is 0 Å². The predicted molar refractivity (Wildman–Crippen MR) is 74.2 cm³/mol. The molecule has 1 aromatic carbocycles. The molecule has 1 aliphatic rings. The fraction of sp³-hybridized carbons (Fsp3) is 0.500. The minimum Gasteiger partial charge on any atom is -0.316 e. The Hall–Kier alpha value is -1.65. The topological polar surface area (TPSA) is 101 Å². The van der Waals surface area contributed by atoms with Crippen LogP contribution in [-0.2, 0) is 10.0 Å². The molecule has 1 fully saturated rings. The van der Waals surface area contributed by atoms with Crippen molar-refractivity contribution >= 4 is 15.7 Å². The number of nitrogens with one attached hydrogen (secondary N) is 2. The van der Waals surface area contributed by atoms with Crippen molar-refractivity contribution in [1.82, 2.24) is 10.0 Å². The van der Waals surface area contributed by atoms with Crippen LogP contribution in [0.4, 0.5) is 14.5 Å². The van der Waals surface area contributed by atoms with Crippen molar-refractivity contribution in [2.24, 2.45) is 5.92 Å². The first kappa shape index (κ1) is 16.7. The molecule has 0 aromatic heterocycles. The standard InChI is InChI=1S/C12H15F2N3O4S/c13-12(14)5-6-15-7-9(12)8-16-22(20,21)11-4-2-1-3-10(11)17(18)19/h1-4,9,15-16H,5-8H2. The van der Waals surface area contributed by atoms with Gasteiger partial charge in [-0.1, -0.05) is 12.1 Å². The summed E-state index contributed by atoms with van der Waals surface area (Å²) in [6.45, 7) is -0.346. The highest BCUT2D eigenvalue weighted by atomic mass is 32.2. The molecule has 0 aliphatic carbocycles. The van der Waals surface area contributed by atoms with Crippen LogP contribution >= 0.6 is 0 Å². The zero-order valence-electron chi connectivity index (χ0n) is 11.5. The van der Waals surface area contributed by atoms with Crippen LogP contribution in [0.3, 0.4) is 0 Å². The average molecular weight is 335 g/mol. The van der Waals surface area contributed by atoms with Gasteiger partial charge in [-0.05, 0) is 6.07 Å². The second-order valence-corrected chi connectivity index (χ2v) is 6.72. The minimum atomic E-state index is -4.24. The lowest BCUT2D eigenvalue weighted by Crippen LogP contribution is -2.49. The van der Waals surface area contributed by atoms with Gasteiger partial charge in [-0.15, -0.1) is 0 Å².